The quantitative estimate of drug-likeness (QED) is 0.514. The lowest BCUT2D eigenvalue weighted by atomic mass is 10.2. The normalized spacial score (nSPS) is 11.4. The molecule has 0 spiro atoms. The van der Waals surface area contributed by atoms with E-state index in [-0.39, 0.29) is 0 Å². The standard InChI is InChI=1S/C11H7N7S/c19-11-13-8(14-17-11)10-16-15-9-6-3-1-2-4-7(6)12-5-18(9)10/h1-5H,(H2,13,14,17,19). The molecule has 19 heavy (non-hydrogen) atoms. The fourth-order valence-electron chi connectivity index (χ4n) is 2.02. The van der Waals surface area contributed by atoms with Crippen LogP contribution in [0.2, 0.25) is 0 Å². The number of fused-ring (bicyclic) bond motifs is 3. The van der Waals surface area contributed by atoms with Crippen LogP contribution in [0.4, 0.5) is 0 Å². The molecule has 0 atom stereocenters. The van der Waals surface area contributed by atoms with Gasteiger partial charge in [0.05, 0.1) is 5.52 Å². The maximum Gasteiger partial charge on any atom is 0.213 e. The number of rotatable bonds is 1. The van der Waals surface area contributed by atoms with Crippen LogP contribution in [-0.2, 0) is 0 Å². The van der Waals surface area contributed by atoms with Gasteiger partial charge in [0.1, 0.15) is 6.33 Å². The monoisotopic (exact) mass is 269 g/mol. The van der Waals surface area contributed by atoms with Gasteiger partial charge in [0.2, 0.25) is 10.6 Å². The fourth-order valence-corrected chi connectivity index (χ4v) is 2.16. The van der Waals surface area contributed by atoms with Gasteiger partial charge in [-0.05, 0) is 24.4 Å². The number of H-pyrrole nitrogens is 2. The van der Waals surface area contributed by atoms with Crippen LogP contribution in [0, 0.1) is 4.77 Å². The average molecular weight is 269 g/mol. The van der Waals surface area contributed by atoms with Crippen molar-refractivity contribution < 1.29 is 0 Å². The summed E-state index contributed by atoms with van der Waals surface area (Å²) >= 11 is 4.94. The van der Waals surface area contributed by atoms with Gasteiger partial charge in [0, 0.05) is 5.39 Å². The van der Waals surface area contributed by atoms with Gasteiger partial charge in [-0.1, -0.05) is 12.1 Å². The molecule has 92 valence electrons. The summed E-state index contributed by atoms with van der Waals surface area (Å²) < 4.78 is 2.16. The Morgan fingerprint density at radius 1 is 1.11 bits per heavy atom. The second kappa shape index (κ2) is 3.69. The van der Waals surface area contributed by atoms with Crippen molar-refractivity contribution >= 4 is 28.8 Å². The Bertz CT molecular complexity index is 948. The average Bonchev–Trinajstić information content (AvgIpc) is 3.04. The first-order chi connectivity index (χ1) is 9.33. The summed E-state index contributed by atoms with van der Waals surface area (Å²) in [6.07, 6.45) is 1.68. The summed E-state index contributed by atoms with van der Waals surface area (Å²) in [5.41, 5.74) is 1.62. The Balaban J connectivity index is 2.09. The summed E-state index contributed by atoms with van der Waals surface area (Å²) in [7, 11) is 0. The van der Waals surface area contributed by atoms with E-state index in [4.69, 9.17) is 12.2 Å². The van der Waals surface area contributed by atoms with Gasteiger partial charge in [-0.3, -0.25) is 14.6 Å². The first-order valence-electron chi connectivity index (χ1n) is 5.56. The first-order valence-corrected chi connectivity index (χ1v) is 5.97. The molecule has 4 rings (SSSR count). The number of para-hydroxylation sites is 1. The predicted molar refractivity (Wildman–Crippen MR) is 71.1 cm³/mol. The maximum absolute atomic E-state index is 4.94. The number of benzene rings is 1. The van der Waals surface area contributed by atoms with Crippen molar-refractivity contribution in [3.63, 3.8) is 0 Å². The van der Waals surface area contributed by atoms with E-state index < -0.39 is 0 Å². The van der Waals surface area contributed by atoms with E-state index in [1.165, 1.54) is 0 Å². The van der Waals surface area contributed by atoms with E-state index in [2.05, 4.69) is 30.4 Å². The zero-order chi connectivity index (χ0) is 12.8. The largest absolute Gasteiger partial charge is 0.279 e. The lowest BCUT2D eigenvalue weighted by molar-refractivity contribution is 1.03. The molecule has 0 saturated heterocycles. The number of aromatic nitrogens is 7. The Hall–Kier alpha value is -2.61. The Kier molecular flexibility index (Phi) is 2.00. The number of nitrogens with zero attached hydrogens (tertiary/aromatic N) is 5. The third kappa shape index (κ3) is 1.47. The lowest BCUT2D eigenvalue weighted by Crippen LogP contribution is -1.93. The molecule has 7 nitrogen and oxygen atoms in total. The molecule has 0 amide bonds. The van der Waals surface area contributed by atoms with Gasteiger partial charge in [-0.2, -0.15) is 4.98 Å². The van der Waals surface area contributed by atoms with Crippen LogP contribution in [0.1, 0.15) is 0 Å². The molecule has 0 aliphatic rings. The van der Waals surface area contributed by atoms with E-state index in [1.807, 2.05) is 24.3 Å². The molecule has 0 fully saturated rings. The van der Waals surface area contributed by atoms with Crippen LogP contribution < -0.4 is 0 Å². The van der Waals surface area contributed by atoms with E-state index in [9.17, 15) is 0 Å². The predicted octanol–water partition coefficient (Wildman–Crippen LogP) is 1.73. The van der Waals surface area contributed by atoms with E-state index >= 15 is 0 Å². The molecule has 3 aromatic heterocycles. The van der Waals surface area contributed by atoms with Gasteiger partial charge < -0.3 is 0 Å². The van der Waals surface area contributed by atoms with E-state index in [0.717, 1.165) is 16.6 Å². The van der Waals surface area contributed by atoms with Gasteiger partial charge in [0.15, 0.2) is 11.5 Å². The number of nitrogens with one attached hydrogen (secondary N) is 2. The van der Waals surface area contributed by atoms with Crippen molar-refractivity contribution in [3.05, 3.63) is 35.4 Å². The van der Waals surface area contributed by atoms with Gasteiger partial charge in [-0.15, -0.1) is 10.2 Å². The maximum atomic E-state index is 4.94. The molecule has 2 N–H and O–H groups in total. The van der Waals surface area contributed by atoms with Crippen molar-refractivity contribution in [2.24, 2.45) is 0 Å². The van der Waals surface area contributed by atoms with Crippen molar-refractivity contribution in [2.75, 3.05) is 0 Å². The van der Waals surface area contributed by atoms with Crippen LogP contribution in [0.5, 0.6) is 0 Å². The summed E-state index contributed by atoms with van der Waals surface area (Å²) in [5.74, 6) is 1.11. The van der Waals surface area contributed by atoms with Crippen LogP contribution in [0.3, 0.4) is 0 Å². The molecule has 3 heterocycles. The summed E-state index contributed by atoms with van der Waals surface area (Å²) in [6.45, 7) is 0. The molecule has 0 radical (unpaired) electrons. The molecular formula is C11H7N7S. The Morgan fingerprint density at radius 2 is 2.00 bits per heavy atom. The molecular weight excluding hydrogens is 262 g/mol. The van der Waals surface area contributed by atoms with E-state index in [1.54, 1.807) is 10.7 Å². The van der Waals surface area contributed by atoms with Gasteiger partial charge >= 0.3 is 0 Å². The third-order valence-corrected chi connectivity index (χ3v) is 3.06. The summed E-state index contributed by atoms with van der Waals surface area (Å²) in [5, 5.41) is 14.9. The number of hydrogen-bond donors (Lipinski definition) is 2. The smallest absolute Gasteiger partial charge is 0.213 e. The number of hydrogen-bond acceptors (Lipinski definition) is 5. The van der Waals surface area contributed by atoms with Gasteiger partial charge in [-0.25, -0.2) is 4.98 Å². The molecule has 4 aromatic rings. The van der Waals surface area contributed by atoms with Crippen molar-refractivity contribution in [1.82, 2.24) is 34.8 Å². The second-order valence-electron chi connectivity index (χ2n) is 3.99. The summed E-state index contributed by atoms with van der Waals surface area (Å²) in [6, 6.07) is 7.78. The van der Waals surface area contributed by atoms with Gasteiger partial charge in [0.25, 0.3) is 0 Å². The minimum absolute atomic E-state index is 0.375. The molecule has 0 saturated carbocycles. The third-order valence-electron chi connectivity index (χ3n) is 2.87. The molecule has 0 aliphatic heterocycles. The Labute approximate surface area is 111 Å². The highest BCUT2D eigenvalue weighted by molar-refractivity contribution is 7.71. The zero-order valence-electron chi connectivity index (χ0n) is 9.53. The van der Waals surface area contributed by atoms with Crippen LogP contribution in [0.25, 0.3) is 28.2 Å². The Morgan fingerprint density at radius 3 is 2.84 bits per heavy atom. The highest BCUT2D eigenvalue weighted by atomic mass is 32.1. The summed E-state index contributed by atoms with van der Waals surface area (Å²) in [4.78, 5) is 8.52. The SMILES string of the molecule is S=c1nc(-c2nnc3c4ccccc4ncn23)[nH][nH]1. The zero-order valence-corrected chi connectivity index (χ0v) is 10.3. The van der Waals surface area contributed by atoms with Crippen molar-refractivity contribution in [2.45, 2.75) is 0 Å². The first kappa shape index (κ1) is 10.3. The van der Waals surface area contributed by atoms with Crippen LogP contribution in [0.15, 0.2) is 30.6 Å². The van der Waals surface area contributed by atoms with Crippen molar-refractivity contribution in [1.29, 1.82) is 0 Å². The molecule has 8 heteroatoms. The van der Waals surface area contributed by atoms with Crippen molar-refractivity contribution in [3.8, 4) is 11.6 Å². The molecule has 1 aromatic carbocycles. The topological polar surface area (TPSA) is 87.5 Å². The highest BCUT2D eigenvalue weighted by Gasteiger charge is 2.13. The minimum atomic E-state index is 0.375. The highest BCUT2D eigenvalue weighted by Crippen LogP contribution is 2.19. The molecule has 0 bridgehead atoms. The minimum Gasteiger partial charge on any atom is -0.279 e. The van der Waals surface area contributed by atoms with Crippen LogP contribution >= 0.6 is 12.2 Å². The number of aromatic amines is 2. The second-order valence-corrected chi connectivity index (χ2v) is 4.38. The van der Waals surface area contributed by atoms with Crippen LogP contribution in [-0.4, -0.2) is 34.8 Å². The molecule has 0 unspecified atom stereocenters. The fraction of sp³-hybridized carbons (Fsp3) is 0. The lowest BCUT2D eigenvalue weighted by Gasteiger charge is -1.99. The van der Waals surface area contributed by atoms with E-state index in [0.29, 0.717) is 16.4 Å². The molecule has 0 aliphatic carbocycles.